The summed E-state index contributed by atoms with van der Waals surface area (Å²) in [6.07, 6.45) is -3.88. The van der Waals surface area contributed by atoms with Crippen LogP contribution < -0.4 is 15.4 Å². The first-order valence-corrected chi connectivity index (χ1v) is 9.67. The number of carbonyl (C=O) groups excluding carboxylic acids is 1. The van der Waals surface area contributed by atoms with Crippen LogP contribution in [-0.4, -0.2) is 61.2 Å². The topological polar surface area (TPSA) is 88.6 Å². The molecule has 1 fully saturated rings. The maximum atomic E-state index is 13.0. The molecule has 2 heterocycles. The molecule has 0 atom stereocenters. The van der Waals surface area contributed by atoms with Crippen molar-refractivity contribution in [2.75, 3.05) is 51.1 Å². The zero-order chi connectivity index (χ0) is 21.9. The van der Waals surface area contributed by atoms with Crippen LogP contribution in [-0.2, 0) is 10.9 Å². The van der Waals surface area contributed by atoms with Gasteiger partial charge in [-0.2, -0.15) is 18.2 Å². The van der Waals surface area contributed by atoms with Crippen molar-refractivity contribution in [3.63, 3.8) is 0 Å². The third kappa shape index (κ3) is 4.75. The number of carbonyl (C=O) groups is 1. The lowest BCUT2D eigenvalue weighted by atomic mass is 10.1. The Morgan fingerprint density at radius 2 is 2.00 bits per heavy atom. The summed E-state index contributed by atoms with van der Waals surface area (Å²) in [6, 6.07) is 3.14. The molecule has 162 valence electrons. The Balaban J connectivity index is 1.89. The molecule has 12 heteroatoms. The van der Waals surface area contributed by atoms with E-state index < -0.39 is 11.7 Å². The number of nitrogens with zero attached hydrogens (tertiary/aromatic N) is 3. The molecule has 1 amide bonds. The zero-order valence-corrected chi connectivity index (χ0v) is 17.7. The van der Waals surface area contributed by atoms with Gasteiger partial charge in [0, 0.05) is 36.9 Å². The van der Waals surface area contributed by atoms with E-state index in [0.29, 0.717) is 54.0 Å². The highest BCUT2D eigenvalue weighted by Gasteiger charge is 2.35. The fourth-order valence-electron chi connectivity index (χ4n) is 2.88. The van der Waals surface area contributed by atoms with Gasteiger partial charge in [0.15, 0.2) is 0 Å². The maximum absolute atomic E-state index is 13.0. The lowest BCUT2D eigenvalue weighted by molar-refractivity contribution is -0.137. The molecule has 0 saturated carbocycles. The number of ether oxygens (including phenoxy) is 2. The molecule has 0 spiro atoms. The van der Waals surface area contributed by atoms with Gasteiger partial charge in [0.25, 0.3) is 5.91 Å². The van der Waals surface area contributed by atoms with Crippen LogP contribution in [0.2, 0.25) is 0 Å². The lowest BCUT2D eigenvalue weighted by Crippen LogP contribution is -2.40. The summed E-state index contributed by atoms with van der Waals surface area (Å²) in [5.74, 6) is -0.312. The standard InChI is InChI=1S/C18H19BrF3N5O3/c1-23-15-11(18(20,21)22)9-24-17(26-15)25-13-8-14(29-2)10(7-12(13)19)16(28)27-3-5-30-6-4-27/h7-9H,3-6H2,1-2H3,(H2,23,24,25,26). The molecule has 2 N–H and O–H groups in total. The van der Waals surface area contributed by atoms with E-state index in [1.165, 1.54) is 14.2 Å². The van der Waals surface area contributed by atoms with Crippen LogP contribution in [0.5, 0.6) is 5.75 Å². The fourth-order valence-corrected chi connectivity index (χ4v) is 3.33. The molecule has 8 nitrogen and oxygen atoms in total. The van der Waals surface area contributed by atoms with Crippen LogP contribution in [0.25, 0.3) is 0 Å². The summed E-state index contributed by atoms with van der Waals surface area (Å²) in [5, 5.41) is 5.26. The summed E-state index contributed by atoms with van der Waals surface area (Å²) in [7, 11) is 2.77. The molecule has 30 heavy (non-hydrogen) atoms. The van der Waals surface area contributed by atoms with E-state index in [9.17, 15) is 18.0 Å². The molecular weight excluding hydrogens is 471 g/mol. The molecule has 1 aliphatic rings. The van der Waals surface area contributed by atoms with E-state index >= 15 is 0 Å². The monoisotopic (exact) mass is 489 g/mol. The number of morpholine rings is 1. The second kappa shape index (κ2) is 9.04. The van der Waals surface area contributed by atoms with Crippen LogP contribution in [0.3, 0.4) is 0 Å². The van der Waals surface area contributed by atoms with E-state index in [4.69, 9.17) is 9.47 Å². The van der Waals surface area contributed by atoms with E-state index in [1.54, 1.807) is 17.0 Å². The molecule has 1 saturated heterocycles. The number of hydrogen-bond donors (Lipinski definition) is 2. The summed E-state index contributed by atoms with van der Waals surface area (Å²) >= 11 is 3.38. The summed E-state index contributed by atoms with van der Waals surface area (Å²) in [4.78, 5) is 22.1. The largest absolute Gasteiger partial charge is 0.496 e. The Kier molecular flexibility index (Phi) is 6.66. The average Bonchev–Trinajstić information content (AvgIpc) is 2.74. The molecule has 0 unspecified atom stereocenters. The van der Waals surface area contributed by atoms with Gasteiger partial charge in [-0.05, 0) is 22.0 Å². The molecular formula is C18H19BrF3N5O3. The smallest absolute Gasteiger partial charge is 0.421 e. The van der Waals surface area contributed by atoms with E-state index in [-0.39, 0.29) is 17.7 Å². The fraction of sp³-hybridized carbons (Fsp3) is 0.389. The number of amides is 1. The molecule has 1 aliphatic heterocycles. The van der Waals surface area contributed by atoms with Gasteiger partial charge < -0.3 is 25.0 Å². The number of nitrogens with one attached hydrogen (secondary N) is 2. The highest BCUT2D eigenvalue weighted by atomic mass is 79.9. The van der Waals surface area contributed by atoms with E-state index in [0.717, 1.165) is 0 Å². The van der Waals surface area contributed by atoms with Crippen molar-refractivity contribution in [2.24, 2.45) is 0 Å². The first-order chi connectivity index (χ1) is 14.2. The molecule has 0 aliphatic carbocycles. The number of aromatic nitrogens is 2. The van der Waals surface area contributed by atoms with Crippen LogP contribution in [0.1, 0.15) is 15.9 Å². The normalized spacial score (nSPS) is 14.4. The first-order valence-electron chi connectivity index (χ1n) is 8.88. The Bertz CT molecular complexity index is 936. The summed E-state index contributed by atoms with van der Waals surface area (Å²) in [6.45, 7) is 1.89. The van der Waals surface area contributed by atoms with Gasteiger partial charge in [0.1, 0.15) is 17.1 Å². The lowest BCUT2D eigenvalue weighted by Gasteiger charge is -2.27. The van der Waals surface area contributed by atoms with Gasteiger partial charge in [-0.15, -0.1) is 0 Å². The molecule has 1 aromatic heterocycles. The van der Waals surface area contributed by atoms with E-state index in [2.05, 4.69) is 36.5 Å². The summed E-state index contributed by atoms with van der Waals surface area (Å²) in [5.41, 5.74) is -0.202. The number of alkyl halides is 3. The van der Waals surface area contributed by atoms with Gasteiger partial charge in [0.2, 0.25) is 5.95 Å². The second-order valence-electron chi connectivity index (χ2n) is 6.27. The van der Waals surface area contributed by atoms with Crippen LogP contribution in [0.4, 0.5) is 30.6 Å². The predicted molar refractivity (Wildman–Crippen MR) is 107 cm³/mol. The Hall–Kier alpha value is -2.60. The molecule has 1 aromatic carbocycles. The van der Waals surface area contributed by atoms with Crippen molar-refractivity contribution < 1.29 is 27.4 Å². The number of methoxy groups -OCH3 is 1. The van der Waals surface area contributed by atoms with Crippen molar-refractivity contribution in [3.05, 3.63) is 33.9 Å². The number of benzene rings is 1. The third-order valence-electron chi connectivity index (χ3n) is 4.40. The van der Waals surface area contributed by atoms with Crippen LogP contribution in [0, 0.1) is 0 Å². The van der Waals surface area contributed by atoms with Crippen molar-refractivity contribution in [2.45, 2.75) is 6.18 Å². The average molecular weight is 490 g/mol. The Morgan fingerprint density at radius 3 is 2.60 bits per heavy atom. The van der Waals surface area contributed by atoms with Gasteiger partial charge in [0.05, 0.1) is 31.6 Å². The number of rotatable bonds is 5. The number of halogens is 4. The zero-order valence-electron chi connectivity index (χ0n) is 16.1. The highest BCUT2D eigenvalue weighted by molar-refractivity contribution is 9.10. The molecule has 0 radical (unpaired) electrons. The Morgan fingerprint density at radius 1 is 1.30 bits per heavy atom. The van der Waals surface area contributed by atoms with Gasteiger partial charge in [-0.3, -0.25) is 4.79 Å². The van der Waals surface area contributed by atoms with Gasteiger partial charge >= 0.3 is 6.18 Å². The summed E-state index contributed by atoms with van der Waals surface area (Å²) < 4.78 is 50.2. The maximum Gasteiger partial charge on any atom is 0.421 e. The van der Waals surface area contributed by atoms with Crippen molar-refractivity contribution in [3.8, 4) is 5.75 Å². The van der Waals surface area contributed by atoms with Crippen LogP contribution >= 0.6 is 15.9 Å². The minimum absolute atomic E-state index is 0.0534. The number of hydrogen-bond acceptors (Lipinski definition) is 7. The predicted octanol–water partition coefficient (Wildman–Crippen LogP) is 3.52. The van der Waals surface area contributed by atoms with Crippen molar-refractivity contribution in [1.82, 2.24) is 14.9 Å². The van der Waals surface area contributed by atoms with Crippen molar-refractivity contribution in [1.29, 1.82) is 0 Å². The van der Waals surface area contributed by atoms with Crippen molar-refractivity contribution >= 4 is 39.3 Å². The van der Waals surface area contributed by atoms with E-state index in [1.807, 2.05) is 0 Å². The minimum atomic E-state index is -4.58. The second-order valence-corrected chi connectivity index (χ2v) is 7.12. The third-order valence-corrected chi connectivity index (χ3v) is 5.05. The van der Waals surface area contributed by atoms with Gasteiger partial charge in [-0.25, -0.2) is 4.98 Å². The SMILES string of the molecule is CNc1nc(Nc2cc(OC)c(C(=O)N3CCOCC3)cc2Br)ncc1C(F)(F)F. The number of anilines is 3. The van der Waals surface area contributed by atoms with Gasteiger partial charge in [-0.1, -0.05) is 0 Å². The quantitative estimate of drug-likeness (QED) is 0.663. The Labute approximate surface area is 178 Å². The molecule has 3 rings (SSSR count). The van der Waals surface area contributed by atoms with Crippen LogP contribution in [0.15, 0.2) is 22.8 Å². The highest BCUT2D eigenvalue weighted by Crippen LogP contribution is 2.36. The first kappa shape index (κ1) is 22.1. The molecule has 0 bridgehead atoms. The molecule has 2 aromatic rings. The minimum Gasteiger partial charge on any atom is -0.496 e.